The number of alkyl halides is 1. The minimum absolute atomic E-state index is 0.439. The molecule has 0 radical (unpaired) electrons. The Balaban J connectivity index is 2.22. The Morgan fingerprint density at radius 1 is 1.48 bits per heavy atom. The normalized spacial score (nSPS) is 27.6. The highest BCUT2D eigenvalue weighted by molar-refractivity contribution is 7.53. The largest absolute Gasteiger partial charge is 0.481 e. The molecule has 0 aromatic carbocycles. The van der Waals surface area contributed by atoms with Crippen molar-refractivity contribution in [1.82, 2.24) is 9.55 Å². The van der Waals surface area contributed by atoms with Gasteiger partial charge in [-0.25, -0.2) is 9.18 Å². The fourth-order valence-electron chi connectivity index (χ4n) is 2.56. The molecule has 1 saturated heterocycles. The van der Waals surface area contributed by atoms with E-state index in [-0.39, 0.29) is 0 Å². The van der Waals surface area contributed by atoms with Gasteiger partial charge in [-0.3, -0.25) is 23.7 Å². The molecule has 2 heterocycles. The van der Waals surface area contributed by atoms with E-state index in [1.807, 2.05) is 4.98 Å². The lowest BCUT2D eigenvalue weighted by Crippen LogP contribution is -2.38. The second-order valence-corrected chi connectivity index (χ2v) is 8.01. The summed E-state index contributed by atoms with van der Waals surface area (Å²) in [5.74, 6) is -1.54. The average molecular weight is 410 g/mol. The second-order valence-electron chi connectivity index (χ2n) is 6.16. The van der Waals surface area contributed by atoms with Crippen LogP contribution in [0.4, 0.5) is 4.39 Å². The number of nitrogens with zero attached hydrogens (tertiary/aromatic N) is 1. The highest BCUT2D eigenvalue weighted by Gasteiger charge is 2.48. The van der Waals surface area contributed by atoms with Crippen molar-refractivity contribution in [3.8, 4) is 0 Å². The third-order valence-electron chi connectivity index (χ3n) is 3.60. The monoisotopic (exact) mass is 410 g/mol. The van der Waals surface area contributed by atoms with E-state index in [4.69, 9.17) is 19.1 Å². The number of H-pyrrole nitrogens is 1. The summed E-state index contributed by atoms with van der Waals surface area (Å²) in [5, 5.41) is 8.60. The Bertz CT molecular complexity index is 838. The zero-order valence-corrected chi connectivity index (χ0v) is 15.4. The molecule has 2 rings (SSSR count). The van der Waals surface area contributed by atoms with Crippen LogP contribution in [0.25, 0.3) is 0 Å². The summed E-state index contributed by atoms with van der Waals surface area (Å²) < 4.78 is 43.0. The van der Waals surface area contributed by atoms with Gasteiger partial charge in [0.05, 0.1) is 12.7 Å². The second kappa shape index (κ2) is 8.44. The predicted molar refractivity (Wildman–Crippen MR) is 88.4 cm³/mol. The molecule has 0 aliphatic carbocycles. The first-order chi connectivity index (χ1) is 12.5. The zero-order valence-electron chi connectivity index (χ0n) is 14.5. The number of aromatic nitrogens is 2. The number of hydrogen-bond donors (Lipinski definition) is 3. The van der Waals surface area contributed by atoms with Gasteiger partial charge in [0.1, 0.15) is 18.4 Å². The zero-order chi connectivity index (χ0) is 20.4. The Morgan fingerprint density at radius 2 is 2.15 bits per heavy atom. The number of carbonyl (C=O) groups is 1. The molecule has 0 saturated carbocycles. The molecule has 1 unspecified atom stereocenters. The van der Waals surface area contributed by atoms with Crippen molar-refractivity contribution >= 4 is 13.6 Å². The topological polar surface area (TPSA) is 157 Å². The van der Waals surface area contributed by atoms with Gasteiger partial charge in [0.2, 0.25) is 0 Å². The third-order valence-corrected chi connectivity index (χ3v) is 4.82. The molecule has 1 aromatic rings. The van der Waals surface area contributed by atoms with Gasteiger partial charge in [0.25, 0.3) is 5.56 Å². The van der Waals surface area contributed by atoms with Crippen LogP contribution in [0.2, 0.25) is 0 Å². The maximum absolute atomic E-state index is 14.9. The SMILES string of the molecule is CC(C)O[C@H]1[C@@H](F)[C@H](n2ccc(=O)[nH]c2=O)O[C@@H]1COP(=O)(O)CC(=O)O. The quantitative estimate of drug-likeness (QED) is 0.496. The van der Waals surface area contributed by atoms with Crippen molar-refractivity contribution in [2.75, 3.05) is 12.8 Å². The molecular formula is C14H20FN2O9P. The highest BCUT2D eigenvalue weighted by Crippen LogP contribution is 2.43. The summed E-state index contributed by atoms with van der Waals surface area (Å²) in [6.45, 7) is 2.63. The molecule has 3 N–H and O–H groups in total. The van der Waals surface area contributed by atoms with Gasteiger partial charge in [-0.1, -0.05) is 0 Å². The van der Waals surface area contributed by atoms with Gasteiger partial charge in [-0.05, 0) is 13.8 Å². The Morgan fingerprint density at radius 3 is 2.70 bits per heavy atom. The number of nitrogens with one attached hydrogen (secondary N) is 1. The molecule has 5 atom stereocenters. The minimum atomic E-state index is -4.46. The molecule has 1 aromatic heterocycles. The number of aliphatic carboxylic acids is 1. The van der Waals surface area contributed by atoms with Crippen molar-refractivity contribution < 1.29 is 37.7 Å². The van der Waals surface area contributed by atoms with E-state index < -0.39 is 68.3 Å². The number of rotatable bonds is 8. The number of ether oxygens (including phenoxy) is 2. The van der Waals surface area contributed by atoms with Crippen LogP contribution in [0.1, 0.15) is 20.1 Å². The van der Waals surface area contributed by atoms with Crippen LogP contribution in [0, 0.1) is 0 Å². The minimum Gasteiger partial charge on any atom is -0.481 e. The molecule has 1 aliphatic rings. The molecule has 1 fully saturated rings. The van der Waals surface area contributed by atoms with Crippen molar-refractivity contribution in [2.24, 2.45) is 0 Å². The molecule has 0 bridgehead atoms. The number of halogens is 1. The molecule has 11 nitrogen and oxygen atoms in total. The van der Waals surface area contributed by atoms with Gasteiger partial charge in [-0.15, -0.1) is 0 Å². The van der Waals surface area contributed by atoms with E-state index in [0.29, 0.717) is 0 Å². The van der Waals surface area contributed by atoms with E-state index in [1.54, 1.807) is 13.8 Å². The predicted octanol–water partition coefficient (Wildman–Crippen LogP) is -0.148. The van der Waals surface area contributed by atoms with Crippen LogP contribution in [-0.4, -0.2) is 62.8 Å². The van der Waals surface area contributed by atoms with E-state index in [9.17, 15) is 28.2 Å². The molecule has 1 aliphatic heterocycles. The number of carboxylic acid groups (broad SMARTS) is 1. The van der Waals surface area contributed by atoms with Crippen LogP contribution in [0.3, 0.4) is 0 Å². The van der Waals surface area contributed by atoms with Crippen molar-refractivity contribution in [3.05, 3.63) is 33.1 Å². The summed E-state index contributed by atoms with van der Waals surface area (Å²) in [4.78, 5) is 45.1. The number of hydrogen-bond acceptors (Lipinski definition) is 7. The third kappa shape index (κ3) is 5.56. The van der Waals surface area contributed by atoms with Gasteiger partial charge < -0.3 is 24.0 Å². The lowest BCUT2D eigenvalue weighted by Gasteiger charge is -2.22. The van der Waals surface area contributed by atoms with Crippen molar-refractivity contribution in [1.29, 1.82) is 0 Å². The maximum atomic E-state index is 14.9. The summed E-state index contributed by atoms with van der Waals surface area (Å²) in [7, 11) is -4.46. The first-order valence-electron chi connectivity index (χ1n) is 7.95. The van der Waals surface area contributed by atoms with Crippen molar-refractivity contribution in [3.63, 3.8) is 0 Å². The van der Waals surface area contributed by atoms with Gasteiger partial charge in [0, 0.05) is 12.3 Å². The summed E-state index contributed by atoms with van der Waals surface area (Å²) in [5.41, 5.74) is -1.58. The summed E-state index contributed by atoms with van der Waals surface area (Å²) in [6.07, 6.45) is -6.29. The van der Waals surface area contributed by atoms with E-state index >= 15 is 0 Å². The van der Waals surface area contributed by atoms with E-state index in [1.165, 1.54) is 0 Å². The fourth-order valence-corrected chi connectivity index (χ4v) is 3.38. The summed E-state index contributed by atoms with van der Waals surface area (Å²) in [6, 6.07) is 1.01. The van der Waals surface area contributed by atoms with Crippen LogP contribution in [-0.2, 0) is 23.4 Å². The molecule has 152 valence electrons. The number of carboxylic acids is 1. The first kappa shape index (κ1) is 21.5. The molecule has 0 spiro atoms. The Kier molecular flexibility index (Phi) is 6.71. The highest BCUT2D eigenvalue weighted by atomic mass is 31.2. The molecule has 13 heteroatoms. The van der Waals surface area contributed by atoms with Crippen LogP contribution < -0.4 is 11.2 Å². The van der Waals surface area contributed by atoms with E-state index in [0.717, 1.165) is 16.8 Å². The van der Waals surface area contributed by atoms with Gasteiger partial charge in [0.15, 0.2) is 12.4 Å². The van der Waals surface area contributed by atoms with E-state index in [2.05, 4.69) is 0 Å². The number of aromatic amines is 1. The molecular weight excluding hydrogens is 390 g/mol. The maximum Gasteiger partial charge on any atom is 0.339 e. The lowest BCUT2D eigenvalue weighted by atomic mass is 10.1. The standard InChI is InChI=1S/C14H20FN2O9P/c1-7(2)25-12-8(5-24-27(22,23)6-10(19)20)26-13(11(12)15)17-4-3-9(18)16-14(17)21/h3-4,7-8,11-13H,5-6H2,1-2H3,(H,19,20)(H,22,23)(H,16,18,21)/t8-,11-,12-,13-/m1/s1. The molecule has 27 heavy (non-hydrogen) atoms. The molecule has 0 amide bonds. The Hall–Kier alpha value is -1.85. The smallest absolute Gasteiger partial charge is 0.339 e. The van der Waals surface area contributed by atoms with Gasteiger partial charge >= 0.3 is 19.3 Å². The summed E-state index contributed by atoms with van der Waals surface area (Å²) >= 11 is 0. The average Bonchev–Trinajstić information content (AvgIpc) is 2.80. The van der Waals surface area contributed by atoms with Crippen LogP contribution in [0.5, 0.6) is 0 Å². The van der Waals surface area contributed by atoms with Crippen LogP contribution in [0.15, 0.2) is 21.9 Å². The first-order valence-corrected chi connectivity index (χ1v) is 9.71. The van der Waals surface area contributed by atoms with Crippen molar-refractivity contribution in [2.45, 2.75) is 44.6 Å². The fraction of sp³-hybridized carbons (Fsp3) is 0.643. The van der Waals surface area contributed by atoms with Gasteiger partial charge in [-0.2, -0.15) is 0 Å². The van der Waals surface area contributed by atoms with Crippen LogP contribution >= 0.6 is 7.60 Å². The Labute approximate surface area is 152 Å². The lowest BCUT2D eigenvalue weighted by molar-refractivity contribution is -0.134.